The van der Waals surface area contributed by atoms with E-state index in [0.717, 1.165) is 24.3 Å². The molecule has 0 unspecified atom stereocenters. The van der Waals surface area contributed by atoms with Crippen LogP contribution in [-0.2, 0) is 3.97 Å². The van der Waals surface area contributed by atoms with E-state index >= 15 is 0 Å². The van der Waals surface area contributed by atoms with Crippen LogP contribution in [0.4, 0.5) is 0 Å². The Morgan fingerprint density at radius 3 is 1.23 bits per heavy atom. The van der Waals surface area contributed by atoms with E-state index < -0.39 is 7.15 Å². The highest BCUT2D eigenvalue weighted by atomic mass is 32.7. The first kappa shape index (κ1) is 31.0. The molecule has 2 N–H and O–H groups in total. The van der Waals surface area contributed by atoms with Gasteiger partial charge < -0.3 is 0 Å². The minimum atomic E-state index is -3.22. The van der Waals surface area contributed by atoms with Crippen LogP contribution in [0.1, 0.15) is 142 Å². The van der Waals surface area contributed by atoms with E-state index in [-0.39, 0.29) is 0 Å². The van der Waals surface area contributed by atoms with Crippen molar-refractivity contribution in [3.8, 4) is 0 Å². The van der Waals surface area contributed by atoms with Crippen LogP contribution in [0, 0.1) is 0 Å². The third-order valence-electron chi connectivity index (χ3n) is 5.49. The largest absolute Gasteiger partial charge is 0.487 e. The highest BCUT2D eigenvalue weighted by Crippen LogP contribution is 2.66. The van der Waals surface area contributed by atoms with Gasteiger partial charge in [-0.05, 0) is 12.8 Å². The Bertz CT molecular complexity index is 334. The molecule has 0 aromatic rings. The zero-order valence-corrected chi connectivity index (χ0v) is 22.7. The average molecular weight is 484 g/mol. The highest BCUT2D eigenvalue weighted by Gasteiger charge is 2.38. The van der Waals surface area contributed by atoms with Gasteiger partial charge in [-0.2, -0.15) is 9.79 Å². The van der Waals surface area contributed by atoms with Gasteiger partial charge in [0.2, 0.25) is 0 Å². The molecule has 0 aliphatic carbocycles. The summed E-state index contributed by atoms with van der Waals surface area (Å²) in [6, 6.07) is 0. The van der Waals surface area contributed by atoms with Crippen molar-refractivity contribution in [1.82, 2.24) is 0 Å². The van der Waals surface area contributed by atoms with Gasteiger partial charge in [0.05, 0.1) is 0 Å². The van der Waals surface area contributed by atoms with Gasteiger partial charge in [0.1, 0.15) is 11.4 Å². The van der Waals surface area contributed by atoms with Gasteiger partial charge in [-0.3, -0.25) is 0 Å². The van der Waals surface area contributed by atoms with Crippen molar-refractivity contribution in [2.75, 3.05) is 11.5 Å². The van der Waals surface area contributed by atoms with E-state index in [9.17, 15) is 9.79 Å². The number of unbranched alkanes of at least 4 members (excludes halogenated alkanes) is 18. The predicted octanol–water partition coefficient (Wildman–Crippen LogP) is 9.89. The van der Waals surface area contributed by atoms with Crippen LogP contribution in [0.15, 0.2) is 0 Å². The molecule has 3 nitrogen and oxygen atoms in total. The van der Waals surface area contributed by atoms with Crippen LogP contribution in [0.25, 0.3) is 0 Å². The Kier molecular flexibility index (Phi) is 25.5. The molecule has 0 aliphatic heterocycles. The standard InChI is InChI=1S/C24H52O3PS2/c1-3-5-7-9-11-13-15-17-19-21-23-29-27-28(25,26)30-24-22-20-18-16-14-12-10-8-6-4-2/h25-26H,3-24H2,1-2H3/q+1. The molecule has 0 aromatic carbocycles. The molecule has 6 heteroatoms. The molecule has 0 fully saturated rings. The summed E-state index contributed by atoms with van der Waals surface area (Å²) in [6.45, 7) is 4.52. The molecule has 0 amide bonds. The van der Waals surface area contributed by atoms with Crippen LogP contribution in [-0.4, -0.2) is 21.3 Å². The van der Waals surface area contributed by atoms with Gasteiger partial charge >= 0.3 is 7.15 Å². The second-order valence-corrected chi connectivity index (χ2v) is 13.7. The topological polar surface area (TPSA) is 49.7 Å². The van der Waals surface area contributed by atoms with Crippen molar-refractivity contribution in [2.45, 2.75) is 142 Å². The molecular weight excluding hydrogens is 431 g/mol. The predicted molar refractivity (Wildman–Crippen MR) is 141 cm³/mol. The van der Waals surface area contributed by atoms with E-state index in [0.29, 0.717) is 0 Å². The number of hydrogen-bond acceptors (Lipinski definition) is 5. The van der Waals surface area contributed by atoms with E-state index in [1.165, 1.54) is 139 Å². The van der Waals surface area contributed by atoms with Crippen molar-refractivity contribution in [3.63, 3.8) is 0 Å². The highest BCUT2D eigenvalue weighted by molar-refractivity contribution is 8.58. The fraction of sp³-hybridized carbons (Fsp3) is 1.00. The van der Waals surface area contributed by atoms with Gasteiger partial charge in [0.25, 0.3) is 0 Å². The Morgan fingerprint density at radius 2 is 0.833 bits per heavy atom. The summed E-state index contributed by atoms with van der Waals surface area (Å²) in [5.41, 5.74) is 0. The first-order valence-electron chi connectivity index (χ1n) is 12.9. The molecule has 30 heavy (non-hydrogen) atoms. The lowest BCUT2D eigenvalue weighted by Gasteiger charge is -2.08. The van der Waals surface area contributed by atoms with E-state index in [4.69, 9.17) is 3.97 Å². The third-order valence-corrected chi connectivity index (χ3v) is 10.1. The minimum Gasteiger partial charge on any atom is -0.183 e. The molecule has 0 aromatic heterocycles. The maximum Gasteiger partial charge on any atom is 0.487 e. The normalized spacial score (nSPS) is 12.0. The molecule has 0 spiro atoms. The van der Waals surface area contributed by atoms with E-state index in [2.05, 4.69) is 13.8 Å². The van der Waals surface area contributed by atoms with Gasteiger partial charge in [-0.25, -0.2) is 0 Å². The van der Waals surface area contributed by atoms with Gasteiger partial charge in [-0.1, -0.05) is 133 Å². The van der Waals surface area contributed by atoms with Crippen molar-refractivity contribution in [2.24, 2.45) is 0 Å². The molecule has 0 bridgehead atoms. The second kappa shape index (κ2) is 24.6. The maximum absolute atomic E-state index is 10.0. The first-order chi connectivity index (χ1) is 14.6. The summed E-state index contributed by atoms with van der Waals surface area (Å²) in [5.74, 6) is 1.65. The molecule has 182 valence electrons. The first-order valence-corrected chi connectivity index (χ1v) is 17.0. The molecule has 0 heterocycles. The van der Waals surface area contributed by atoms with E-state index in [1.807, 2.05) is 0 Å². The van der Waals surface area contributed by atoms with Crippen molar-refractivity contribution in [3.05, 3.63) is 0 Å². The van der Waals surface area contributed by atoms with Gasteiger partial charge in [-0.15, -0.1) is 0 Å². The molecule has 0 saturated carbocycles. The molecule has 0 atom stereocenters. The minimum absolute atomic E-state index is 0.788. The SMILES string of the molecule is CCCCCCCCCCCCSO[P+](O)(O)SCCCCCCCCCCCC. The van der Waals surface area contributed by atoms with E-state index in [1.54, 1.807) is 0 Å². The summed E-state index contributed by atoms with van der Waals surface area (Å²) < 4.78 is 5.31. The maximum atomic E-state index is 10.0. The zero-order valence-electron chi connectivity index (χ0n) is 20.1. The average Bonchev–Trinajstić information content (AvgIpc) is 2.72. The Hall–Kier alpha value is 1.01. The van der Waals surface area contributed by atoms with Crippen molar-refractivity contribution < 1.29 is 13.8 Å². The lowest BCUT2D eigenvalue weighted by Crippen LogP contribution is -1.91. The molecule has 0 aliphatic rings. The van der Waals surface area contributed by atoms with Crippen LogP contribution >= 0.6 is 30.6 Å². The Balaban J connectivity index is 3.29. The van der Waals surface area contributed by atoms with Gasteiger partial charge in [0.15, 0.2) is 0 Å². The molecular formula is C24H52O3PS2+. The van der Waals surface area contributed by atoms with Crippen LogP contribution in [0.3, 0.4) is 0 Å². The molecule has 0 saturated heterocycles. The summed E-state index contributed by atoms with van der Waals surface area (Å²) in [5, 5.41) is 0. The summed E-state index contributed by atoms with van der Waals surface area (Å²) in [6.07, 6.45) is 26.2. The lowest BCUT2D eigenvalue weighted by molar-refractivity contribution is 0.387. The van der Waals surface area contributed by atoms with Crippen LogP contribution < -0.4 is 0 Å². The van der Waals surface area contributed by atoms with Crippen LogP contribution in [0.2, 0.25) is 0 Å². The third kappa shape index (κ3) is 25.3. The smallest absolute Gasteiger partial charge is 0.183 e. The van der Waals surface area contributed by atoms with Crippen LogP contribution in [0.5, 0.6) is 0 Å². The molecule has 0 rings (SSSR count). The lowest BCUT2D eigenvalue weighted by atomic mass is 10.1. The number of rotatable bonds is 25. The fourth-order valence-corrected chi connectivity index (χ4v) is 7.34. The zero-order chi connectivity index (χ0) is 22.2. The van der Waals surface area contributed by atoms with Gasteiger partial charge in [0, 0.05) is 23.5 Å². The Morgan fingerprint density at radius 1 is 0.500 bits per heavy atom. The fourth-order valence-electron chi connectivity index (χ4n) is 3.55. The Labute approximate surface area is 197 Å². The van der Waals surface area contributed by atoms with Crippen molar-refractivity contribution >= 4 is 30.6 Å². The summed E-state index contributed by atoms with van der Waals surface area (Å²) in [4.78, 5) is 20.0. The monoisotopic (exact) mass is 483 g/mol. The number of hydrogen-bond donors (Lipinski definition) is 2. The summed E-state index contributed by atoms with van der Waals surface area (Å²) in [7, 11) is -3.22. The molecule has 0 radical (unpaired) electrons. The second-order valence-electron chi connectivity index (χ2n) is 8.58. The van der Waals surface area contributed by atoms with Crippen molar-refractivity contribution in [1.29, 1.82) is 0 Å². The quantitative estimate of drug-likeness (QED) is 0.0768. The summed E-state index contributed by atoms with van der Waals surface area (Å²) >= 11 is 2.47.